The second-order valence-electron chi connectivity index (χ2n) is 19.1. The van der Waals surface area contributed by atoms with E-state index in [1.165, 1.54) is 75.0 Å². The number of carbonyl (C=O) groups excluding carboxylic acids is 2. The highest BCUT2D eigenvalue weighted by molar-refractivity contribution is 5.74. The van der Waals surface area contributed by atoms with Gasteiger partial charge in [-0.1, -0.05) is 201 Å². The molecule has 8 aromatic rings. The van der Waals surface area contributed by atoms with Crippen LogP contribution in [0.3, 0.4) is 0 Å². The Kier molecular flexibility index (Phi) is 30.6. The normalized spacial score (nSPS) is 13.3. The highest BCUT2D eigenvalue weighted by Crippen LogP contribution is 2.31. The minimum absolute atomic E-state index is 0. The van der Waals surface area contributed by atoms with E-state index < -0.39 is 6.29 Å². The summed E-state index contributed by atoms with van der Waals surface area (Å²) in [6.07, 6.45) is 13.9. The van der Waals surface area contributed by atoms with Gasteiger partial charge in [0.15, 0.2) is 6.29 Å². The lowest BCUT2D eigenvalue weighted by molar-refractivity contribution is -0.150. The van der Waals surface area contributed by atoms with Gasteiger partial charge in [-0.15, -0.1) is 0 Å². The van der Waals surface area contributed by atoms with Crippen LogP contribution in [0.5, 0.6) is 23.0 Å². The van der Waals surface area contributed by atoms with Gasteiger partial charge in [0.05, 0.1) is 12.2 Å². The van der Waals surface area contributed by atoms with Crippen molar-refractivity contribution in [2.75, 3.05) is 14.2 Å². The Morgan fingerprint density at radius 2 is 0.900 bits per heavy atom. The van der Waals surface area contributed by atoms with Crippen LogP contribution in [0.15, 0.2) is 206 Å². The SMILES string of the molecule is CC=O.CO.COC(C)OC1CCCCC1.Cc1ccc(OC(Oc2ccc(-c3cccc(C)c3)cc2)c2ccccc2)cc1.O=Cc1ccccc1.OC1CCCCC1.Oc1ccc(-c2cccc(-c3ccc(O)cc3)c2)cc1.[H+]. The molecule has 0 bridgehead atoms. The molecule has 10 heteroatoms. The quantitative estimate of drug-likeness (QED) is 0.0687. The smallest absolute Gasteiger partial charge is 0.508 e. The van der Waals surface area contributed by atoms with Gasteiger partial charge in [0.1, 0.15) is 35.6 Å². The van der Waals surface area contributed by atoms with Crippen LogP contribution in [0.25, 0.3) is 33.4 Å². The summed E-state index contributed by atoms with van der Waals surface area (Å²) in [5.74, 6) is 2.08. The summed E-state index contributed by atoms with van der Waals surface area (Å²) in [5, 5.41) is 34.6. The largest absolute Gasteiger partial charge is 1.00 e. The first-order chi connectivity index (χ1) is 39.0. The summed E-state index contributed by atoms with van der Waals surface area (Å²) in [6.45, 7) is 7.56. The zero-order valence-corrected chi connectivity index (χ0v) is 47.4. The molecule has 4 N–H and O–H groups in total. The Balaban J connectivity index is 0.000000285. The van der Waals surface area contributed by atoms with Crippen LogP contribution in [0.4, 0.5) is 0 Å². The Morgan fingerprint density at radius 1 is 0.487 bits per heavy atom. The number of phenols is 2. The van der Waals surface area contributed by atoms with Gasteiger partial charge in [-0.05, 0) is 141 Å². The first kappa shape index (κ1) is 64.7. The number of carbonyl (C=O) groups is 2. The van der Waals surface area contributed by atoms with Crippen molar-refractivity contribution < 1.29 is 50.4 Å². The fourth-order valence-electron chi connectivity index (χ4n) is 8.51. The maximum Gasteiger partial charge on any atom is 1.00 e. The van der Waals surface area contributed by atoms with Crippen molar-refractivity contribution >= 4 is 12.6 Å². The number of aromatic hydroxyl groups is 2. The summed E-state index contributed by atoms with van der Waals surface area (Å²) in [4.78, 5) is 18.8. The van der Waals surface area contributed by atoms with Crippen LogP contribution in [0, 0.1) is 13.8 Å². The molecule has 80 heavy (non-hydrogen) atoms. The summed E-state index contributed by atoms with van der Waals surface area (Å²) >= 11 is 0. The van der Waals surface area contributed by atoms with E-state index in [1.807, 2.05) is 134 Å². The van der Waals surface area contributed by atoms with Crippen LogP contribution in [-0.4, -0.2) is 65.7 Å². The molecule has 2 saturated carbocycles. The van der Waals surface area contributed by atoms with E-state index in [-0.39, 0.29) is 25.3 Å². The Hall–Kier alpha value is -7.86. The fraction of sp³-hybridized carbons (Fsp3) is 0.286. The zero-order valence-electron chi connectivity index (χ0n) is 48.4. The van der Waals surface area contributed by atoms with Crippen molar-refractivity contribution in [3.63, 3.8) is 0 Å². The summed E-state index contributed by atoms with van der Waals surface area (Å²) in [6, 6.07) is 66.2. The molecule has 2 fully saturated rings. The van der Waals surface area contributed by atoms with Crippen molar-refractivity contribution in [1.82, 2.24) is 0 Å². The van der Waals surface area contributed by atoms with Gasteiger partial charge in [0.25, 0.3) is 6.29 Å². The maximum absolute atomic E-state index is 10.0. The number of hydrogen-bond donors (Lipinski definition) is 4. The average molecular weight is 1080 g/mol. The second-order valence-corrected chi connectivity index (χ2v) is 19.1. The molecule has 0 aromatic heterocycles. The van der Waals surface area contributed by atoms with Gasteiger partial charge in [-0.25, -0.2) is 0 Å². The van der Waals surface area contributed by atoms with E-state index in [9.17, 15) is 15.0 Å². The van der Waals surface area contributed by atoms with E-state index in [1.54, 1.807) is 43.5 Å². The minimum Gasteiger partial charge on any atom is -0.508 e. The molecule has 0 saturated heterocycles. The van der Waals surface area contributed by atoms with E-state index in [2.05, 4.69) is 56.3 Å². The third-order valence-corrected chi connectivity index (χ3v) is 12.8. The Morgan fingerprint density at radius 3 is 1.31 bits per heavy atom. The van der Waals surface area contributed by atoms with Crippen LogP contribution >= 0.6 is 0 Å². The van der Waals surface area contributed by atoms with Gasteiger partial charge < -0.3 is 44.2 Å². The number of methoxy groups -OCH3 is 1. The predicted octanol–water partition coefficient (Wildman–Crippen LogP) is 16.6. The standard InChI is InChI=1S/C27H24O2.C18H14O2.C9H18O2.C7H6O.C6H12O.C2H4O.CH4O/c1-20-11-15-25(16-12-20)28-27(23-8-4-3-5-9-23)29-26-17-13-22(14-18-26)24-10-6-7-21(2)19-24;19-17-8-4-13(5-9-17)15-2-1-3-16(12-15)14-6-10-18(20)11-7-14;1-8(10-2)11-9-6-4-3-5-7-9;8-6-7-4-2-1-3-5-7;7-6-4-2-1-3-5-6;1-2-3;1-2/h3-19,27H,1-2H3;1-12,19-20H;8-9H,3-7H2,1-2H3;1-6H;6-7H,1-5H2;2H,1H3;2H,1H3/p+1. The van der Waals surface area contributed by atoms with Gasteiger partial charge in [-0.3, -0.25) is 4.79 Å². The van der Waals surface area contributed by atoms with Crippen molar-refractivity contribution in [1.29, 1.82) is 0 Å². The summed E-state index contributed by atoms with van der Waals surface area (Å²) < 4.78 is 23.0. The number of aliphatic hydroxyl groups is 2. The number of ether oxygens (including phenoxy) is 4. The summed E-state index contributed by atoms with van der Waals surface area (Å²) in [5.41, 5.74) is 10.8. The average Bonchev–Trinajstić information content (AvgIpc) is 3.51. The van der Waals surface area contributed by atoms with Crippen LogP contribution in [0.1, 0.15) is 113 Å². The second kappa shape index (κ2) is 37.9. The van der Waals surface area contributed by atoms with Crippen LogP contribution in [0.2, 0.25) is 0 Å². The first-order valence-electron chi connectivity index (χ1n) is 27.5. The van der Waals surface area contributed by atoms with Gasteiger partial charge in [0.2, 0.25) is 0 Å². The van der Waals surface area contributed by atoms with Gasteiger partial charge >= 0.3 is 1.43 Å². The molecule has 0 amide bonds. The highest BCUT2D eigenvalue weighted by Gasteiger charge is 2.17. The van der Waals surface area contributed by atoms with Crippen molar-refractivity contribution in [2.45, 2.75) is 117 Å². The zero-order chi connectivity index (χ0) is 57.7. The molecule has 0 aliphatic heterocycles. The Bertz CT molecular complexity index is 2810. The Labute approximate surface area is 476 Å². The van der Waals surface area contributed by atoms with Crippen LogP contribution < -0.4 is 9.47 Å². The van der Waals surface area contributed by atoms with Crippen molar-refractivity contribution in [3.05, 3.63) is 229 Å². The van der Waals surface area contributed by atoms with E-state index in [4.69, 9.17) is 34.0 Å². The molecule has 10 nitrogen and oxygen atoms in total. The van der Waals surface area contributed by atoms with E-state index in [0.29, 0.717) is 6.10 Å². The van der Waals surface area contributed by atoms with E-state index >= 15 is 0 Å². The molecule has 8 aromatic carbocycles. The van der Waals surface area contributed by atoms with Crippen molar-refractivity contribution in [2.24, 2.45) is 0 Å². The highest BCUT2D eigenvalue weighted by atomic mass is 16.7. The molecule has 0 radical (unpaired) electrons. The number of phenolic OH excluding ortho intramolecular Hbond substituents is 2. The third kappa shape index (κ3) is 24.9. The monoisotopic (exact) mass is 1080 g/mol. The lowest BCUT2D eigenvalue weighted by Gasteiger charge is -2.24. The number of benzene rings is 8. The summed E-state index contributed by atoms with van der Waals surface area (Å²) in [7, 11) is 2.69. The van der Waals surface area contributed by atoms with Gasteiger partial charge in [0, 0.05) is 25.3 Å². The maximum atomic E-state index is 10.0. The molecule has 0 heterocycles. The molecule has 2 aliphatic carbocycles. The van der Waals surface area contributed by atoms with E-state index in [0.717, 1.165) is 83.0 Å². The molecular formula is C70H83O10+. The number of hydrogen-bond acceptors (Lipinski definition) is 10. The number of aliphatic hydroxyl groups excluding tert-OH is 2. The number of aryl methyl sites for hydroxylation is 2. The first-order valence-corrected chi connectivity index (χ1v) is 27.5. The minimum atomic E-state index is -0.524. The third-order valence-electron chi connectivity index (χ3n) is 12.8. The molecule has 0 spiro atoms. The lowest BCUT2D eigenvalue weighted by atomic mass is 9.98. The van der Waals surface area contributed by atoms with Crippen LogP contribution in [-0.2, 0) is 14.3 Å². The number of rotatable bonds is 12. The van der Waals surface area contributed by atoms with Gasteiger partial charge in [-0.2, -0.15) is 0 Å². The van der Waals surface area contributed by atoms with Crippen molar-refractivity contribution in [3.8, 4) is 56.4 Å². The molecule has 422 valence electrons. The molecule has 10 rings (SSSR count). The number of aldehydes is 2. The molecular weight excluding hydrogens is 1000 g/mol. The molecule has 2 unspecified atom stereocenters. The molecule has 2 atom stereocenters. The predicted molar refractivity (Wildman–Crippen MR) is 325 cm³/mol. The lowest BCUT2D eigenvalue weighted by Crippen LogP contribution is -2.23. The molecule has 2 aliphatic rings. The fourth-order valence-corrected chi connectivity index (χ4v) is 8.51. The topological polar surface area (TPSA) is 152 Å².